The fraction of sp³-hybridized carbons (Fsp3) is 0.533. The van der Waals surface area contributed by atoms with Crippen LogP contribution in [0.5, 0.6) is 0 Å². The molecule has 1 aromatic carbocycles. The highest BCUT2D eigenvalue weighted by Crippen LogP contribution is 2.23. The molecule has 0 saturated heterocycles. The van der Waals surface area contributed by atoms with Crippen LogP contribution in [-0.4, -0.2) is 23.4 Å². The summed E-state index contributed by atoms with van der Waals surface area (Å²) in [4.78, 5) is 14.2. The highest BCUT2D eigenvalue weighted by molar-refractivity contribution is 6.30. The van der Waals surface area contributed by atoms with Crippen molar-refractivity contribution < 1.29 is 4.79 Å². The van der Waals surface area contributed by atoms with Gasteiger partial charge < -0.3 is 10.6 Å². The molecule has 0 bridgehead atoms. The maximum absolute atomic E-state index is 12.4. The highest BCUT2D eigenvalue weighted by Gasteiger charge is 2.27. The van der Waals surface area contributed by atoms with E-state index in [1.807, 2.05) is 30.0 Å². The Morgan fingerprint density at radius 2 is 2.15 bits per heavy atom. The van der Waals surface area contributed by atoms with Crippen molar-refractivity contribution in [3.05, 3.63) is 34.3 Å². The molecule has 1 heterocycles. The minimum absolute atomic E-state index is 0. The van der Waals surface area contributed by atoms with Crippen molar-refractivity contribution >= 4 is 29.9 Å². The zero-order valence-corrected chi connectivity index (χ0v) is 13.5. The van der Waals surface area contributed by atoms with Gasteiger partial charge in [0.1, 0.15) is 0 Å². The van der Waals surface area contributed by atoms with Crippen LogP contribution in [0, 0.1) is 5.92 Å². The van der Waals surface area contributed by atoms with Crippen LogP contribution in [-0.2, 0) is 17.8 Å². The lowest BCUT2D eigenvalue weighted by Crippen LogP contribution is -2.48. The first-order chi connectivity index (χ1) is 9.02. The number of halogens is 2. The van der Waals surface area contributed by atoms with Crippen LogP contribution in [0.3, 0.4) is 0 Å². The second-order valence-electron chi connectivity index (χ2n) is 5.33. The SMILES string of the molecule is CCC(C)C(N)C(=O)N1CCc2ccc(Cl)cc2C1.Cl. The number of nitrogens with two attached hydrogens (primary N) is 1. The molecule has 0 spiro atoms. The van der Waals surface area contributed by atoms with E-state index in [0.717, 1.165) is 30.0 Å². The molecular weight excluding hydrogens is 295 g/mol. The summed E-state index contributed by atoms with van der Waals surface area (Å²) in [5.41, 5.74) is 8.46. The van der Waals surface area contributed by atoms with Gasteiger partial charge >= 0.3 is 0 Å². The summed E-state index contributed by atoms with van der Waals surface area (Å²) in [5, 5.41) is 0.722. The van der Waals surface area contributed by atoms with Gasteiger partial charge in [0.05, 0.1) is 6.04 Å². The Hall–Kier alpha value is -0.770. The van der Waals surface area contributed by atoms with Gasteiger partial charge in [-0.2, -0.15) is 0 Å². The van der Waals surface area contributed by atoms with Gasteiger partial charge in [-0.3, -0.25) is 4.79 Å². The molecule has 1 amide bonds. The quantitative estimate of drug-likeness (QED) is 0.931. The number of fused-ring (bicyclic) bond motifs is 1. The third kappa shape index (κ3) is 3.66. The Morgan fingerprint density at radius 3 is 2.80 bits per heavy atom. The van der Waals surface area contributed by atoms with Crippen molar-refractivity contribution in [2.24, 2.45) is 11.7 Å². The van der Waals surface area contributed by atoms with E-state index in [2.05, 4.69) is 6.92 Å². The number of hydrogen-bond acceptors (Lipinski definition) is 2. The molecule has 5 heteroatoms. The average Bonchev–Trinajstić information content (AvgIpc) is 2.43. The maximum Gasteiger partial charge on any atom is 0.240 e. The molecule has 0 fully saturated rings. The normalized spacial score (nSPS) is 16.9. The summed E-state index contributed by atoms with van der Waals surface area (Å²) in [7, 11) is 0. The lowest BCUT2D eigenvalue weighted by Gasteiger charge is -2.32. The van der Waals surface area contributed by atoms with E-state index in [1.54, 1.807) is 0 Å². The first kappa shape index (κ1) is 17.3. The third-order valence-corrected chi connectivity index (χ3v) is 4.27. The van der Waals surface area contributed by atoms with Gasteiger partial charge in [0, 0.05) is 18.1 Å². The first-order valence-electron chi connectivity index (χ1n) is 6.84. The number of carbonyl (C=O) groups excluding carboxylic acids is 1. The van der Waals surface area contributed by atoms with Crippen LogP contribution < -0.4 is 5.73 Å². The van der Waals surface area contributed by atoms with E-state index in [0.29, 0.717) is 6.54 Å². The summed E-state index contributed by atoms with van der Waals surface area (Å²) in [6.07, 6.45) is 1.80. The first-order valence-corrected chi connectivity index (χ1v) is 7.22. The molecule has 1 aliphatic rings. The van der Waals surface area contributed by atoms with Crippen molar-refractivity contribution in [1.82, 2.24) is 4.90 Å². The summed E-state index contributed by atoms with van der Waals surface area (Å²) >= 11 is 6.01. The fourth-order valence-electron chi connectivity index (χ4n) is 2.42. The van der Waals surface area contributed by atoms with Crippen LogP contribution in [0.15, 0.2) is 18.2 Å². The van der Waals surface area contributed by atoms with Gasteiger partial charge in [-0.25, -0.2) is 0 Å². The minimum atomic E-state index is -0.397. The van der Waals surface area contributed by atoms with Crippen molar-refractivity contribution in [2.75, 3.05) is 6.54 Å². The molecule has 20 heavy (non-hydrogen) atoms. The smallest absolute Gasteiger partial charge is 0.240 e. The van der Waals surface area contributed by atoms with Crippen LogP contribution in [0.1, 0.15) is 31.4 Å². The molecular formula is C15H22Cl2N2O. The number of carbonyl (C=O) groups is 1. The lowest BCUT2D eigenvalue weighted by atomic mass is 9.96. The van der Waals surface area contributed by atoms with Gasteiger partial charge in [0.15, 0.2) is 0 Å². The van der Waals surface area contributed by atoms with Gasteiger partial charge in [-0.05, 0) is 35.6 Å². The molecule has 3 nitrogen and oxygen atoms in total. The lowest BCUT2D eigenvalue weighted by molar-refractivity contribution is -0.134. The Kier molecular flexibility index (Phi) is 6.31. The molecule has 0 radical (unpaired) electrons. The van der Waals surface area contributed by atoms with Gasteiger partial charge in [-0.1, -0.05) is 37.9 Å². The molecule has 2 N–H and O–H groups in total. The highest BCUT2D eigenvalue weighted by atomic mass is 35.5. The van der Waals surface area contributed by atoms with Crippen LogP contribution in [0.2, 0.25) is 5.02 Å². The van der Waals surface area contributed by atoms with Crippen LogP contribution in [0.4, 0.5) is 0 Å². The van der Waals surface area contributed by atoms with Crippen LogP contribution in [0.25, 0.3) is 0 Å². The molecule has 112 valence electrons. The van der Waals surface area contributed by atoms with E-state index >= 15 is 0 Å². The zero-order chi connectivity index (χ0) is 14.0. The molecule has 2 rings (SSSR count). The molecule has 0 aliphatic carbocycles. The maximum atomic E-state index is 12.4. The molecule has 2 unspecified atom stereocenters. The van der Waals surface area contributed by atoms with Gasteiger partial charge in [0.25, 0.3) is 0 Å². The van der Waals surface area contributed by atoms with E-state index in [9.17, 15) is 4.79 Å². The Labute approximate surface area is 131 Å². The standard InChI is InChI=1S/C15H21ClN2O.ClH/c1-3-10(2)14(17)15(19)18-7-6-11-4-5-13(16)8-12(11)9-18;/h4-5,8,10,14H,3,6-7,9,17H2,1-2H3;1H. The molecule has 1 aromatic rings. The van der Waals surface area contributed by atoms with Crippen molar-refractivity contribution in [1.29, 1.82) is 0 Å². The summed E-state index contributed by atoms with van der Waals surface area (Å²) < 4.78 is 0. The second kappa shape index (κ2) is 7.30. The van der Waals surface area contributed by atoms with E-state index < -0.39 is 6.04 Å². The summed E-state index contributed by atoms with van der Waals surface area (Å²) in [6.45, 7) is 5.46. The second-order valence-corrected chi connectivity index (χ2v) is 5.77. The largest absolute Gasteiger partial charge is 0.337 e. The Balaban J connectivity index is 0.00000200. The van der Waals surface area contributed by atoms with E-state index in [-0.39, 0.29) is 24.2 Å². The van der Waals surface area contributed by atoms with Crippen molar-refractivity contribution in [2.45, 2.75) is 39.3 Å². The Bertz CT molecular complexity index is 479. The predicted octanol–water partition coefficient (Wildman–Crippen LogP) is 3.02. The van der Waals surface area contributed by atoms with Gasteiger partial charge in [0.2, 0.25) is 5.91 Å². The average molecular weight is 317 g/mol. The van der Waals surface area contributed by atoms with Gasteiger partial charge in [-0.15, -0.1) is 12.4 Å². The number of rotatable bonds is 3. The number of hydrogen-bond donors (Lipinski definition) is 1. The van der Waals surface area contributed by atoms with Crippen LogP contribution >= 0.6 is 24.0 Å². The summed E-state index contributed by atoms with van der Waals surface area (Å²) in [6, 6.07) is 5.51. The molecule has 0 saturated carbocycles. The number of benzene rings is 1. The minimum Gasteiger partial charge on any atom is -0.337 e. The fourth-order valence-corrected chi connectivity index (χ4v) is 2.62. The summed E-state index contributed by atoms with van der Waals surface area (Å²) in [5.74, 6) is 0.272. The zero-order valence-electron chi connectivity index (χ0n) is 11.9. The van der Waals surface area contributed by atoms with Crippen molar-refractivity contribution in [3.8, 4) is 0 Å². The Morgan fingerprint density at radius 1 is 1.45 bits per heavy atom. The molecule has 2 atom stereocenters. The monoisotopic (exact) mass is 316 g/mol. The molecule has 0 aromatic heterocycles. The van der Waals surface area contributed by atoms with Crippen molar-refractivity contribution in [3.63, 3.8) is 0 Å². The topological polar surface area (TPSA) is 46.3 Å². The molecule has 1 aliphatic heterocycles. The number of nitrogens with zero attached hydrogens (tertiary/aromatic N) is 1. The number of amides is 1. The predicted molar refractivity (Wildman–Crippen MR) is 85.3 cm³/mol. The third-order valence-electron chi connectivity index (χ3n) is 4.03. The van der Waals surface area contributed by atoms with E-state index in [4.69, 9.17) is 17.3 Å². The van der Waals surface area contributed by atoms with E-state index in [1.165, 1.54) is 5.56 Å².